The Morgan fingerprint density at radius 2 is 1.89 bits per heavy atom. The van der Waals surface area contributed by atoms with Gasteiger partial charge < -0.3 is 19.6 Å². The van der Waals surface area contributed by atoms with Gasteiger partial charge in [-0.05, 0) is 23.8 Å². The number of carbonyl (C=O) groups is 1. The minimum Gasteiger partial charge on any atom is -0.489 e. The van der Waals surface area contributed by atoms with Gasteiger partial charge in [-0.1, -0.05) is 41.9 Å². The summed E-state index contributed by atoms with van der Waals surface area (Å²) in [7, 11) is 0. The van der Waals surface area contributed by atoms with E-state index in [4.69, 9.17) is 28.6 Å². The van der Waals surface area contributed by atoms with Crippen LogP contribution in [-0.4, -0.2) is 40.1 Å². The number of fused-ring (bicyclic) bond motifs is 1. The Labute approximate surface area is 168 Å². The topological polar surface area (TPSA) is 61.1 Å². The summed E-state index contributed by atoms with van der Waals surface area (Å²) < 4.78 is 44.8. The molecular formula is C18H15ClF3N3O2S. The third kappa shape index (κ3) is 4.85. The van der Waals surface area contributed by atoms with Crippen molar-refractivity contribution in [3.63, 3.8) is 0 Å². The third-order valence-corrected chi connectivity index (χ3v) is 4.34. The molecule has 0 saturated carbocycles. The molecule has 0 unspecified atom stereocenters. The summed E-state index contributed by atoms with van der Waals surface area (Å²) in [6.45, 7) is -0.595. The van der Waals surface area contributed by atoms with Crippen molar-refractivity contribution in [2.75, 3.05) is 13.2 Å². The lowest BCUT2D eigenvalue weighted by molar-refractivity contribution is -0.186. The number of halogens is 4. The van der Waals surface area contributed by atoms with Crippen LogP contribution in [0.2, 0.25) is 5.02 Å². The number of H-pyrrole nitrogens is 2. The van der Waals surface area contributed by atoms with Crippen LogP contribution in [0.3, 0.4) is 0 Å². The van der Waals surface area contributed by atoms with Gasteiger partial charge >= 0.3 is 12.1 Å². The first-order valence-electron chi connectivity index (χ1n) is 8.18. The molecule has 0 bridgehead atoms. The molecule has 0 atom stereocenters. The quantitative estimate of drug-likeness (QED) is 0.551. The van der Waals surface area contributed by atoms with E-state index in [1.54, 1.807) is 36.4 Å². The monoisotopic (exact) mass is 429 g/mol. The zero-order valence-corrected chi connectivity index (χ0v) is 15.9. The molecule has 3 rings (SSSR count). The van der Waals surface area contributed by atoms with E-state index in [9.17, 15) is 18.0 Å². The summed E-state index contributed by atoms with van der Waals surface area (Å²) in [5.41, 5.74) is 1.74. The van der Waals surface area contributed by atoms with Crippen molar-refractivity contribution in [2.45, 2.75) is 12.7 Å². The van der Waals surface area contributed by atoms with Crippen LogP contribution in [0.4, 0.5) is 13.2 Å². The van der Waals surface area contributed by atoms with Gasteiger partial charge in [-0.3, -0.25) is 4.79 Å². The molecular weight excluding hydrogens is 415 g/mol. The van der Waals surface area contributed by atoms with Crippen molar-refractivity contribution in [3.05, 3.63) is 57.8 Å². The molecule has 2 aromatic carbocycles. The number of carbonyl (C=O) groups excluding carboxylic acids is 1. The molecule has 0 saturated heterocycles. The number of ether oxygens (including phenoxy) is 1. The first kappa shape index (κ1) is 20.2. The molecule has 0 fully saturated rings. The Hall–Kier alpha value is -2.52. The fourth-order valence-electron chi connectivity index (χ4n) is 2.69. The smallest absolute Gasteiger partial charge is 0.471 e. The van der Waals surface area contributed by atoms with Gasteiger partial charge in [-0.25, -0.2) is 0 Å². The standard InChI is InChI=1S/C18H15ClF3N3O2S/c19-12-8-13-15(24-17(28)23-13)14(9-12)27-7-6-25(16(26)18(20,21)22)10-11-4-2-1-3-5-11/h1-5,8-9H,6-7,10H2,(H2,23,24,28). The number of nitrogens with zero attached hydrogens (tertiary/aromatic N) is 1. The van der Waals surface area contributed by atoms with Crippen molar-refractivity contribution in [3.8, 4) is 5.75 Å². The maximum absolute atomic E-state index is 12.9. The summed E-state index contributed by atoms with van der Waals surface area (Å²) in [5, 5.41) is 0.375. The van der Waals surface area contributed by atoms with Crippen LogP contribution in [0, 0.1) is 4.77 Å². The van der Waals surface area contributed by atoms with E-state index in [0.717, 1.165) is 0 Å². The van der Waals surface area contributed by atoms with Crippen LogP contribution in [0.5, 0.6) is 5.75 Å². The van der Waals surface area contributed by atoms with Crippen LogP contribution in [0.15, 0.2) is 42.5 Å². The predicted molar refractivity (Wildman–Crippen MR) is 102 cm³/mol. The first-order valence-corrected chi connectivity index (χ1v) is 8.97. The molecule has 0 aliphatic carbocycles. The highest BCUT2D eigenvalue weighted by atomic mass is 35.5. The van der Waals surface area contributed by atoms with Gasteiger partial charge in [-0.15, -0.1) is 0 Å². The molecule has 148 valence electrons. The van der Waals surface area contributed by atoms with Crippen LogP contribution >= 0.6 is 23.8 Å². The molecule has 0 aliphatic rings. The minimum atomic E-state index is -4.97. The Morgan fingerprint density at radius 3 is 2.57 bits per heavy atom. The largest absolute Gasteiger partial charge is 0.489 e. The van der Waals surface area contributed by atoms with Gasteiger partial charge in [-0.2, -0.15) is 13.2 Å². The van der Waals surface area contributed by atoms with E-state index in [1.165, 1.54) is 6.07 Å². The van der Waals surface area contributed by atoms with Crippen molar-refractivity contribution < 1.29 is 22.7 Å². The van der Waals surface area contributed by atoms with Crippen LogP contribution < -0.4 is 4.74 Å². The molecule has 1 heterocycles. The zero-order chi connectivity index (χ0) is 20.3. The normalized spacial score (nSPS) is 11.6. The summed E-state index contributed by atoms with van der Waals surface area (Å²) in [6, 6.07) is 11.6. The number of aromatic amines is 2. The Bertz CT molecular complexity index is 1030. The highest BCUT2D eigenvalue weighted by Crippen LogP contribution is 2.28. The number of aromatic nitrogens is 2. The lowest BCUT2D eigenvalue weighted by Crippen LogP contribution is -2.42. The third-order valence-electron chi connectivity index (χ3n) is 3.92. The fourth-order valence-corrected chi connectivity index (χ4v) is 3.11. The Morgan fingerprint density at radius 1 is 1.18 bits per heavy atom. The second-order valence-electron chi connectivity index (χ2n) is 5.96. The summed E-state index contributed by atoms with van der Waals surface area (Å²) in [6.07, 6.45) is -4.97. The molecule has 0 aliphatic heterocycles. The number of amides is 1. The van der Waals surface area contributed by atoms with Crippen LogP contribution in [0.1, 0.15) is 5.56 Å². The highest BCUT2D eigenvalue weighted by Gasteiger charge is 2.42. The number of rotatable bonds is 6. The second kappa shape index (κ2) is 8.24. The van der Waals surface area contributed by atoms with Gasteiger partial charge in [0.2, 0.25) is 0 Å². The van der Waals surface area contributed by atoms with E-state index in [0.29, 0.717) is 37.0 Å². The maximum Gasteiger partial charge on any atom is 0.471 e. The average molecular weight is 430 g/mol. The number of imidazole rings is 1. The van der Waals surface area contributed by atoms with Crippen molar-refractivity contribution in [1.29, 1.82) is 0 Å². The molecule has 0 spiro atoms. The summed E-state index contributed by atoms with van der Waals surface area (Å²) in [4.78, 5) is 18.3. The number of hydrogen-bond donors (Lipinski definition) is 2. The van der Waals surface area contributed by atoms with Gasteiger partial charge in [0.1, 0.15) is 17.9 Å². The average Bonchev–Trinajstić information content (AvgIpc) is 3.00. The summed E-state index contributed by atoms with van der Waals surface area (Å²) in [5.74, 6) is -1.59. The van der Waals surface area contributed by atoms with Gasteiger partial charge in [0.15, 0.2) is 4.77 Å². The number of alkyl halides is 3. The van der Waals surface area contributed by atoms with Crippen LogP contribution in [0.25, 0.3) is 11.0 Å². The van der Waals surface area contributed by atoms with Crippen molar-refractivity contribution in [1.82, 2.24) is 14.9 Å². The predicted octanol–water partition coefficient (Wildman–Crippen LogP) is 4.85. The fraction of sp³-hybridized carbons (Fsp3) is 0.222. The molecule has 1 aromatic heterocycles. The number of benzene rings is 2. The second-order valence-corrected chi connectivity index (χ2v) is 6.81. The van der Waals surface area contributed by atoms with E-state index in [2.05, 4.69) is 9.97 Å². The van der Waals surface area contributed by atoms with E-state index in [-0.39, 0.29) is 19.7 Å². The SMILES string of the molecule is O=C(N(CCOc1cc(Cl)cc2[nH]c(=S)[nH]c12)Cc1ccccc1)C(F)(F)F. The first-order chi connectivity index (χ1) is 13.2. The summed E-state index contributed by atoms with van der Waals surface area (Å²) >= 11 is 11.1. The minimum absolute atomic E-state index is 0.157. The van der Waals surface area contributed by atoms with Gasteiger partial charge in [0, 0.05) is 17.6 Å². The molecule has 2 N–H and O–H groups in total. The molecule has 3 aromatic rings. The molecule has 10 heteroatoms. The zero-order valence-electron chi connectivity index (χ0n) is 14.3. The maximum atomic E-state index is 12.9. The molecule has 5 nitrogen and oxygen atoms in total. The van der Waals surface area contributed by atoms with Gasteiger partial charge in [0.25, 0.3) is 0 Å². The van der Waals surface area contributed by atoms with Crippen molar-refractivity contribution in [2.24, 2.45) is 0 Å². The number of nitrogens with one attached hydrogen (secondary N) is 2. The van der Waals surface area contributed by atoms with E-state index < -0.39 is 12.1 Å². The van der Waals surface area contributed by atoms with Crippen LogP contribution in [-0.2, 0) is 11.3 Å². The molecule has 28 heavy (non-hydrogen) atoms. The Kier molecular flexibility index (Phi) is 5.95. The lowest BCUT2D eigenvalue weighted by Gasteiger charge is -2.24. The molecule has 0 radical (unpaired) electrons. The highest BCUT2D eigenvalue weighted by molar-refractivity contribution is 7.71. The molecule has 1 amide bonds. The van der Waals surface area contributed by atoms with Gasteiger partial charge in [0.05, 0.1) is 12.1 Å². The number of hydrogen-bond acceptors (Lipinski definition) is 3. The van der Waals surface area contributed by atoms with E-state index in [1.807, 2.05) is 0 Å². The van der Waals surface area contributed by atoms with E-state index >= 15 is 0 Å². The lowest BCUT2D eigenvalue weighted by atomic mass is 10.2. The van der Waals surface area contributed by atoms with Crippen molar-refractivity contribution >= 4 is 40.8 Å². The Balaban J connectivity index is 1.75.